The summed E-state index contributed by atoms with van der Waals surface area (Å²) in [5.74, 6) is -0.659. The van der Waals surface area contributed by atoms with E-state index in [1.807, 2.05) is 97.1 Å². The van der Waals surface area contributed by atoms with Crippen LogP contribution in [0, 0.1) is 0 Å². The van der Waals surface area contributed by atoms with E-state index in [2.05, 4.69) is 0 Å². The monoisotopic (exact) mass is 548 g/mol. The van der Waals surface area contributed by atoms with Crippen molar-refractivity contribution in [2.75, 3.05) is 29.4 Å². The summed E-state index contributed by atoms with van der Waals surface area (Å²) in [6.45, 7) is 0.318. The molecule has 4 aromatic carbocycles. The smallest absolute Gasteiger partial charge is 0.330 e. The second kappa shape index (κ2) is 11.1. The van der Waals surface area contributed by atoms with E-state index in [1.54, 1.807) is 17.0 Å². The molecular formula is C32H28N4O5. The Morgan fingerprint density at radius 3 is 1.98 bits per heavy atom. The molecule has 0 spiro atoms. The Labute approximate surface area is 237 Å². The largest absolute Gasteiger partial charge is 0.487 e. The average molecular weight is 549 g/mol. The fourth-order valence-electron chi connectivity index (χ4n) is 5.30. The number of para-hydroxylation sites is 5. The summed E-state index contributed by atoms with van der Waals surface area (Å²) in [5, 5.41) is 10.3. The van der Waals surface area contributed by atoms with Gasteiger partial charge in [0, 0.05) is 18.7 Å². The van der Waals surface area contributed by atoms with Gasteiger partial charge in [-0.3, -0.25) is 9.80 Å². The van der Waals surface area contributed by atoms with E-state index in [0.717, 1.165) is 5.56 Å². The first kappa shape index (κ1) is 25.9. The van der Waals surface area contributed by atoms with E-state index in [9.17, 15) is 19.5 Å². The third-order valence-corrected chi connectivity index (χ3v) is 7.31. The van der Waals surface area contributed by atoms with Gasteiger partial charge in [0.1, 0.15) is 18.4 Å². The van der Waals surface area contributed by atoms with E-state index in [1.165, 1.54) is 14.7 Å². The molecule has 0 radical (unpaired) electrons. The van der Waals surface area contributed by atoms with Crippen LogP contribution in [0.1, 0.15) is 5.56 Å². The van der Waals surface area contributed by atoms with Gasteiger partial charge >= 0.3 is 18.0 Å². The Bertz CT molecular complexity index is 1490. The van der Waals surface area contributed by atoms with Crippen molar-refractivity contribution in [3.05, 3.63) is 115 Å². The van der Waals surface area contributed by atoms with Crippen LogP contribution in [0.25, 0.3) is 0 Å². The van der Waals surface area contributed by atoms with Crippen LogP contribution in [-0.2, 0) is 11.4 Å². The van der Waals surface area contributed by atoms with Gasteiger partial charge in [-0.2, -0.15) is 0 Å². The van der Waals surface area contributed by atoms with Gasteiger partial charge in [-0.25, -0.2) is 14.4 Å². The highest BCUT2D eigenvalue weighted by molar-refractivity contribution is 6.04. The quantitative estimate of drug-likeness (QED) is 0.346. The van der Waals surface area contributed by atoms with Crippen LogP contribution >= 0.6 is 0 Å². The molecule has 4 aromatic rings. The molecule has 9 heteroatoms. The molecule has 2 heterocycles. The number of carbonyl (C=O) groups excluding carboxylic acids is 2. The number of hydrogen-bond donors (Lipinski definition) is 1. The van der Waals surface area contributed by atoms with Crippen LogP contribution in [-0.4, -0.2) is 58.6 Å². The van der Waals surface area contributed by atoms with Gasteiger partial charge in [-0.05, 0) is 42.5 Å². The highest BCUT2D eigenvalue weighted by atomic mass is 16.5. The molecule has 0 bridgehead atoms. The molecule has 1 saturated heterocycles. The third kappa shape index (κ3) is 4.93. The maximum absolute atomic E-state index is 14.2. The van der Waals surface area contributed by atoms with Crippen LogP contribution in [0.4, 0.5) is 32.3 Å². The van der Waals surface area contributed by atoms with Crippen molar-refractivity contribution in [1.29, 1.82) is 0 Å². The average Bonchev–Trinajstić information content (AvgIpc) is 3.18. The number of amides is 4. The molecule has 0 aliphatic carbocycles. The highest BCUT2D eigenvalue weighted by Gasteiger charge is 2.42. The fraction of sp³-hybridized carbons (Fsp3) is 0.156. The molecule has 206 valence electrons. The summed E-state index contributed by atoms with van der Waals surface area (Å²) in [6.07, 6.45) is 0. The number of aliphatic carboxylic acids is 1. The molecule has 6 rings (SSSR count). The second-order valence-electron chi connectivity index (χ2n) is 9.79. The Kier molecular flexibility index (Phi) is 6.99. The van der Waals surface area contributed by atoms with Crippen LogP contribution in [0.3, 0.4) is 0 Å². The summed E-state index contributed by atoms with van der Waals surface area (Å²) in [6, 6.07) is 30.9. The number of carboxylic acid groups (broad SMARTS) is 1. The van der Waals surface area contributed by atoms with Crippen LogP contribution in [0.15, 0.2) is 109 Å². The number of anilines is 4. The van der Waals surface area contributed by atoms with Crippen molar-refractivity contribution in [3.8, 4) is 5.75 Å². The van der Waals surface area contributed by atoms with E-state index >= 15 is 0 Å². The molecule has 1 atom stereocenters. The minimum Gasteiger partial charge on any atom is -0.487 e. The second-order valence-corrected chi connectivity index (χ2v) is 9.79. The zero-order valence-electron chi connectivity index (χ0n) is 22.2. The normalized spacial score (nSPS) is 16.1. The molecule has 1 N–H and O–H groups in total. The molecule has 41 heavy (non-hydrogen) atoms. The summed E-state index contributed by atoms with van der Waals surface area (Å²) in [5.41, 5.74) is 3.28. The number of piperazine rings is 1. The Hall–Kier alpha value is -5.31. The van der Waals surface area contributed by atoms with E-state index in [0.29, 0.717) is 28.5 Å². The van der Waals surface area contributed by atoms with Gasteiger partial charge in [0.15, 0.2) is 0 Å². The third-order valence-electron chi connectivity index (χ3n) is 7.31. The van der Waals surface area contributed by atoms with E-state index < -0.39 is 18.0 Å². The zero-order chi connectivity index (χ0) is 28.3. The maximum atomic E-state index is 14.2. The maximum Gasteiger partial charge on any atom is 0.330 e. The SMILES string of the molecule is O=C(O)[C@@H]1CN(C(=O)N(c2ccccc2)c2ccccc2)CCN1C(=O)N1c2ccccc2COc2ccccc21. The number of ether oxygens (including phenoxy) is 1. The number of hydrogen-bond acceptors (Lipinski definition) is 4. The summed E-state index contributed by atoms with van der Waals surface area (Å²) < 4.78 is 5.99. The Morgan fingerprint density at radius 2 is 1.32 bits per heavy atom. The highest BCUT2D eigenvalue weighted by Crippen LogP contribution is 2.40. The predicted octanol–water partition coefficient (Wildman–Crippen LogP) is 5.87. The van der Waals surface area contributed by atoms with Crippen LogP contribution in [0.5, 0.6) is 5.75 Å². The molecule has 2 aliphatic rings. The zero-order valence-corrected chi connectivity index (χ0v) is 22.2. The predicted molar refractivity (Wildman–Crippen MR) is 155 cm³/mol. The first-order valence-corrected chi connectivity index (χ1v) is 13.4. The van der Waals surface area contributed by atoms with Gasteiger partial charge in [0.2, 0.25) is 0 Å². The Balaban J connectivity index is 1.32. The number of urea groups is 2. The lowest BCUT2D eigenvalue weighted by molar-refractivity contribution is -0.143. The number of benzene rings is 4. The van der Waals surface area contributed by atoms with E-state index in [4.69, 9.17) is 4.74 Å². The molecule has 9 nitrogen and oxygen atoms in total. The number of nitrogens with zero attached hydrogens (tertiary/aromatic N) is 4. The van der Waals surface area contributed by atoms with E-state index in [-0.39, 0.29) is 32.3 Å². The molecular weight excluding hydrogens is 520 g/mol. The standard InChI is InChI=1S/C32H28N4O5/c37-30(38)28-21-33(31(39)35(24-12-3-1-4-13-24)25-14-5-2-6-15-25)19-20-34(28)32(40)36-26-16-8-7-11-23(26)22-41-29-18-10-9-17-27(29)36/h1-18,28H,19-22H2,(H,37,38)/t28-/m0/s1. The van der Waals surface area contributed by atoms with Crippen molar-refractivity contribution in [3.63, 3.8) is 0 Å². The van der Waals surface area contributed by atoms with Gasteiger partial charge in [0.25, 0.3) is 0 Å². The molecule has 0 aromatic heterocycles. The minimum absolute atomic E-state index is 0.0423. The lowest BCUT2D eigenvalue weighted by atomic mass is 10.1. The van der Waals surface area contributed by atoms with Crippen molar-refractivity contribution in [2.45, 2.75) is 12.6 Å². The molecule has 4 amide bonds. The van der Waals surface area contributed by atoms with Gasteiger partial charge in [-0.15, -0.1) is 0 Å². The topological polar surface area (TPSA) is 93.6 Å². The van der Waals surface area contributed by atoms with Crippen molar-refractivity contribution < 1.29 is 24.2 Å². The lowest BCUT2D eigenvalue weighted by Crippen LogP contribution is -2.62. The number of carbonyl (C=O) groups is 3. The summed E-state index contributed by atoms with van der Waals surface area (Å²) in [4.78, 5) is 46.7. The summed E-state index contributed by atoms with van der Waals surface area (Å²) >= 11 is 0. The van der Waals surface area contributed by atoms with Crippen LogP contribution in [0.2, 0.25) is 0 Å². The first-order valence-electron chi connectivity index (χ1n) is 13.4. The lowest BCUT2D eigenvalue weighted by Gasteiger charge is -2.42. The molecule has 0 unspecified atom stereocenters. The molecule has 1 fully saturated rings. The number of carboxylic acids is 1. The minimum atomic E-state index is -1.25. The molecule has 2 aliphatic heterocycles. The first-order chi connectivity index (χ1) is 20.0. The van der Waals surface area contributed by atoms with Crippen molar-refractivity contribution in [2.24, 2.45) is 0 Å². The van der Waals surface area contributed by atoms with Crippen LogP contribution < -0.4 is 14.5 Å². The van der Waals surface area contributed by atoms with Crippen molar-refractivity contribution >= 4 is 40.8 Å². The number of rotatable bonds is 3. The van der Waals surface area contributed by atoms with Gasteiger partial charge in [0.05, 0.1) is 29.3 Å². The summed E-state index contributed by atoms with van der Waals surface area (Å²) in [7, 11) is 0. The Morgan fingerprint density at radius 1 is 0.732 bits per heavy atom. The number of fused-ring (bicyclic) bond motifs is 2. The fourth-order valence-corrected chi connectivity index (χ4v) is 5.30. The van der Waals surface area contributed by atoms with Crippen molar-refractivity contribution in [1.82, 2.24) is 9.80 Å². The van der Waals surface area contributed by atoms with Gasteiger partial charge < -0.3 is 19.6 Å². The van der Waals surface area contributed by atoms with Gasteiger partial charge in [-0.1, -0.05) is 66.7 Å². The molecule has 0 saturated carbocycles.